The van der Waals surface area contributed by atoms with Crippen LogP contribution in [0, 0.1) is 31.1 Å². The normalized spacial score (nSPS) is 7.64. The van der Waals surface area contributed by atoms with Gasteiger partial charge in [-0.05, 0) is 30.4 Å². The van der Waals surface area contributed by atoms with Crippen LogP contribution in [0.5, 0.6) is 0 Å². The first-order valence-electron chi connectivity index (χ1n) is 3.37. The second-order valence-electron chi connectivity index (χ2n) is 2.21. The van der Waals surface area contributed by atoms with Crippen LogP contribution in [0.15, 0.2) is 24.3 Å². The first kappa shape index (κ1) is 7.45. The maximum absolute atomic E-state index is 5.00. The van der Waals surface area contributed by atoms with E-state index in [1.807, 2.05) is 31.2 Å². The third kappa shape index (κ3) is 1.88. The Morgan fingerprint density at radius 3 is 2.64 bits per heavy atom. The Kier molecular flexibility index (Phi) is 2.37. The largest absolute Gasteiger partial charge is 0.106 e. The van der Waals surface area contributed by atoms with E-state index in [0.29, 0.717) is 0 Å². The van der Waals surface area contributed by atoms with E-state index in [9.17, 15) is 0 Å². The highest BCUT2D eigenvalue weighted by Gasteiger charge is 1.88. The summed E-state index contributed by atoms with van der Waals surface area (Å²) in [7, 11) is 0. The van der Waals surface area contributed by atoms with Crippen LogP contribution in [0.2, 0.25) is 0 Å². The van der Waals surface area contributed by atoms with Crippen LogP contribution < -0.4 is 0 Å². The lowest BCUT2D eigenvalue weighted by Crippen LogP contribution is -1.78. The molecule has 0 aliphatic rings. The van der Waals surface area contributed by atoms with Crippen molar-refractivity contribution >= 4 is 0 Å². The van der Waals surface area contributed by atoms with Crippen molar-refractivity contribution in [2.75, 3.05) is 0 Å². The molecule has 1 aromatic carbocycles. The zero-order valence-electron chi connectivity index (χ0n) is 6.39. The second kappa shape index (κ2) is 3.49. The summed E-state index contributed by atoms with van der Waals surface area (Å²) in [6.45, 7) is 2.01. The molecule has 0 spiro atoms. The van der Waals surface area contributed by atoms with Crippen molar-refractivity contribution in [1.82, 2.24) is 0 Å². The van der Waals surface area contributed by atoms with Gasteiger partial charge in [-0.15, -0.1) is 6.42 Å². The molecule has 0 fully saturated rings. The van der Waals surface area contributed by atoms with E-state index in [1.54, 1.807) is 0 Å². The summed E-state index contributed by atoms with van der Waals surface area (Å²) in [6.07, 6.45) is 5.00. The fourth-order valence-corrected chi connectivity index (χ4v) is 0.817. The van der Waals surface area contributed by atoms with Gasteiger partial charge in [0.1, 0.15) is 0 Å². The molecule has 11 heavy (non-hydrogen) atoms. The van der Waals surface area contributed by atoms with Gasteiger partial charge in [0.05, 0.1) is 0 Å². The summed E-state index contributed by atoms with van der Waals surface area (Å²) in [5.41, 5.74) is 2.17. The molecule has 0 heterocycles. The highest BCUT2D eigenvalue weighted by atomic mass is 13.9. The fourth-order valence-electron chi connectivity index (χ4n) is 0.817. The molecule has 0 unspecified atom stereocenters. The average Bonchev–Trinajstić information content (AvgIpc) is 2.03. The van der Waals surface area contributed by atoms with Crippen molar-refractivity contribution in [1.29, 1.82) is 0 Å². The van der Waals surface area contributed by atoms with Crippen LogP contribution >= 0.6 is 0 Å². The number of terminal acetylenes is 1. The fraction of sp³-hybridized carbons (Fsp3) is 0.0909. The molecule has 0 heteroatoms. The summed E-state index contributed by atoms with van der Waals surface area (Å²) in [6, 6.07) is 7.91. The van der Waals surface area contributed by atoms with Gasteiger partial charge in [-0.2, -0.15) is 0 Å². The van der Waals surface area contributed by atoms with Crippen molar-refractivity contribution < 1.29 is 0 Å². The predicted molar refractivity (Wildman–Crippen MR) is 46.9 cm³/mol. The molecule has 0 aromatic heterocycles. The van der Waals surface area contributed by atoms with Gasteiger partial charge in [0.2, 0.25) is 0 Å². The Morgan fingerprint density at radius 2 is 2.00 bits per heavy atom. The molecular weight excluding hydrogens is 132 g/mol. The van der Waals surface area contributed by atoms with Crippen molar-refractivity contribution in [3.8, 4) is 24.2 Å². The maximum Gasteiger partial charge on any atom is 0.0284 e. The molecule has 0 aliphatic carbocycles. The number of hydrogen-bond donors (Lipinski definition) is 0. The van der Waals surface area contributed by atoms with Crippen LogP contribution in [0.4, 0.5) is 0 Å². The minimum Gasteiger partial charge on any atom is -0.106 e. The highest BCUT2D eigenvalue weighted by molar-refractivity contribution is 5.43. The predicted octanol–water partition coefficient (Wildman–Crippen LogP) is 1.98. The highest BCUT2D eigenvalue weighted by Crippen LogP contribution is 2.03. The molecule has 0 saturated heterocycles. The molecule has 0 saturated carbocycles. The van der Waals surface area contributed by atoms with Crippen molar-refractivity contribution in [3.05, 3.63) is 35.4 Å². The Labute approximate surface area is 67.3 Å². The third-order valence-corrected chi connectivity index (χ3v) is 1.41. The summed E-state index contributed by atoms with van der Waals surface area (Å²) in [5.74, 6) is 7.74. The molecule has 1 rings (SSSR count). The lowest BCUT2D eigenvalue weighted by Gasteiger charge is -1.93. The Bertz CT molecular complexity index is 342. The summed E-state index contributed by atoms with van der Waals surface area (Å²) in [4.78, 5) is 0. The van der Waals surface area contributed by atoms with Gasteiger partial charge in [0.15, 0.2) is 0 Å². The minimum absolute atomic E-state index is 1.01. The van der Waals surface area contributed by atoms with E-state index in [4.69, 9.17) is 6.42 Å². The molecule has 0 nitrogen and oxygen atoms in total. The van der Waals surface area contributed by atoms with E-state index in [0.717, 1.165) is 11.1 Å². The van der Waals surface area contributed by atoms with Crippen LogP contribution in [0.25, 0.3) is 0 Å². The molecule has 1 aromatic rings. The van der Waals surface area contributed by atoms with Crippen LogP contribution in [-0.2, 0) is 0 Å². The number of hydrogen-bond acceptors (Lipinski definition) is 0. The lowest BCUT2D eigenvalue weighted by atomic mass is 10.1. The van der Waals surface area contributed by atoms with Gasteiger partial charge in [-0.3, -0.25) is 0 Å². The number of benzene rings is 1. The van der Waals surface area contributed by atoms with Gasteiger partial charge in [-0.1, -0.05) is 24.1 Å². The average molecular weight is 140 g/mol. The summed E-state index contributed by atoms with van der Waals surface area (Å²) < 4.78 is 0. The van der Waals surface area contributed by atoms with Crippen molar-refractivity contribution in [2.45, 2.75) is 6.92 Å². The Balaban J connectivity index is 3.07. The summed E-state index contributed by atoms with van der Waals surface area (Å²) in [5, 5.41) is 0. The maximum atomic E-state index is 5.00. The topological polar surface area (TPSA) is 0 Å². The lowest BCUT2D eigenvalue weighted by molar-refractivity contribution is 1.44. The molecule has 52 valence electrons. The molecule has 0 amide bonds. The van der Waals surface area contributed by atoms with E-state index < -0.39 is 0 Å². The van der Waals surface area contributed by atoms with Gasteiger partial charge in [0.25, 0.3) is 0 Å². The monoisotopic (exact) mass is 140 g/mol. The van der Waals surface area contributed by atoms with E-state index in [-0.39, 0.29) is 0 Å². The molecule has 0 aliphatic heterocycles. The number of aryl methyl sites for hydroxylation is 1. The first-order valence-corrected chi connectivity index (χ1v) is 3.37. The van der Waals surface area contributed by atoms with Crippen LogP contribution in [0.3, 0.4) is 0 Å². The first-order chi connectivity index (χ1) is 5.34. The van der Waals surface area contributed by atoms with Crippen molar-refractivity contribution in [2.24, 2.45) is 0 Å². The number of rotatable bonds is 0. The van der Waals surface area contributed by atoms with Gasteiger partial charge in [-0.25, -0.2) is 0 Å². The SMILES string of the molecule is C#CC#Cc1ccccc1C. The summed E-state index contributed by atoms with van der Waals surface area (Å²) >= 11 is 0. The van der Waals surface area contributed by atoms with E-state index >= 15 is 0 Å². The molecule has 0 radical (unpaired) electrons. The van der Waals surface area contributed by atoms with Crippen molar-refractivity contribution in [3.63, 3.8) is 0 Å². The van der Waals surface area contributed by atoms with Crippen LogP contribution in [0.1, 0.15) is 11.1 Å². The Morgan fingerprint density at radius 1 is 1.27 bits per heavy atom. The third-order valence-electron chi connectivity index (χ3n) is 1.41. The molecule has 0 bridgehead atoms. The molecular formula is C11H8. The molecule has 0 N–H and O–H groups in total. The minimum atomic E-state index is 1.01. The zero-order valence-corrected chi connectivity index (χ0v) is 6.39. The van der Waals surface area contributed by atoms with Gasteiger partial charge < -0.3 is 0 Å². The van der Waals surface area contributed by atoms with Gasteiger partial charge >= 0.3 is 0 Å². The quantitative estimate of drug-likeness (QED) is 0.483. The van der Waals surface area contributed by atoms with E-state index in [2.05, 4.69) is 17.8 Å². The van der Waals surface area contributed by atoms with Gasteiger partial charge in [0, 0.05) is 5.56 Å². The zero-order chi connectivity index (χ0) is 8.10. The Hall–Kier alpha value is -1.66. The van der Waals surface area contributed by atoms with E-state index in [1.165, 1.54) is 0 Å². The standard InChI is InChI=1S/C11H8/c1-3-4-8-11-9-6-5-7-10(11)2/h1,5-7,9H,2H3. The second-order valence-corrected chi connectivity index (χ2v) is 2.21. The smallest absolute Gasteiger partial charge is 0.0284 e. The molecule has 0 atom stereocenters. The van der Waals surface area contributed by atoms with Crippen LogP contribution in [-0.4, -0.2) is 0 Å².